The summed E-state index contributed by atoms with van der Waals surface area (Å²) < 4.78 is 1.69. The monoisotopic (exact) mass is 431 g/mol. The first kappa shape index (κ1) is 22.2. The molecule has 3 aromatic rings. The zero-order chi connectivity index (χ0) is 22.5. The van der Waals surface area contributed by atoms with Crippen molar-refractivity contribution in [1.29, 1.82) is 0 Å². The number of piperidine rings is 1. The Morgan fingerprint density at radius 2 is 1.91 bits per heavy atom. The molecule has 0 spiro atoms. The van der Waals surface area contributed by atoms with E-state index >= 15 is 0 Å². The molecule has 3 heterocycles. The van der Waals surface area contributed by atoms with Crippen LogP contribution in [0.2, 0.25) is 0 Å². The lowest BCUT2D eigenvalue weighted by molar-refractivity contribution is 0.0660. The highest BCUT2D eigenvalue weighted by atomic mass is 16.2. The van der Waals surface area contributed by atoms with Crippen molar-refractivity contribution in [3.63, 3.8) is 0 Å². The predicted molar refractivity (Wildman–Crippen MR) is 126 cm³/mol. The molecule has 1 fully saturated rings. The van der Waals surface area contributed by atoms with Gasteiger partial charge in [-0.25, -0.2) is 0 Å². The van der Waals surface area contributed by atoms with Crippen molar-refractivity contribution >= 4 is 5.91 Å². The van der Waals surface area contributed by atoms with Gasteiger partial charge in [-0.1, -0.05) is 30.3 Å². The van der Waals surface area contributed by atoms with Gasteiger partial charge in [0.25, 0.3) is 5.91 Å². The molecule has 0 unspecified atom stereocenters. The summed E-state index contributed by atoms with van der Waals surface area (Å²) in [6, 6.07) is 14.5. The van der Waals surface area contributed by atoms with Gasteiger partial charge in [-0.05, 0) is 74.5 Å². The fourth-order valence-electron chi connectivity index (χ4n) is 4.57. The number of nitrogens with zero attached hydrogens (tertiary/aromatic N) is 5. The molecular formula is C26H33N5O. The number of rotatable bonds is 7. The Morgan fingerprint density at radius 1 is 1.12 bits per heavy atom. The van der Waals surface area contributed by atoms with Gasteiger partial charge in [0.1, 0.15) is 5.69 Å². The van der Waals surface area contributed by atoms with Gasteiger partial charge in [0.2, 0.25) is 0 Å². The van der Waals surface area contributed by atoms with E-state index in [1.54, 1.807) is 10.9 Å². The van der Waals surface area contributed by atoms with Crippen LogP contribution in [-0.2, 0) is 20.1 Å². The molecule has 6 heteroatoms. The lowest BCUT2D eigenvalue weighted by atomic mass is 9.95. The maximum Gasteiger partial charge on any atom is 0.272 e. The van der Waals surface area contributed by atoms with Crippen LogP contribution in [0.3, 0.4) is 0 Å². The number of carbonyl (C=O) groups excluding carboxylic acids is 1. The van der Waals surface area contributed by atoms with E-state index in [0.717, 1.165) is 50.3 Å². The molecule has 1 saturated heterocycles. The molecule has 168 valence electrons. The Hall–Kier alpha value is -2.99. The predicted octanol–water partition coefficient (Wildman–Crippen LogP) is 3.99. The van der Waals surface area contributed by atoms with Crippen molar-refractivity contribution in [3.8, 4) is 0 Å². The summed E-state index contributed by atoms with van der Waals surface area (Å²) in [4.78, 5) is 22.2. The van der Waals surface area contributed by atoms with Crippen LogP contribution >= 0.6 is 0 Å². The fraction of sp³-hybridized carbons (Fsp3) is 0.423. The van der Waals surface area contributed by atoms with Crippen LogP contribution in [-0.4, -0.2) is 50.1 Å². The summed E-state index contributed by atoms with van der Waals surface area (Å²) in [5.74, 6) is 0.539. The quantitative estimate of drug-likeness (QED) is 0.568. The minimum absolute atomic E-state index is 0.0410. The van der Waals surface area contributed by atoms with E-state index in [1.165, 1.54) is 11.1 Å². The van der Waals surface area contributed by atoms with E-state index in [2.05, 4.69) is 46.2 Å². The molecule has 0 N–H and O–H groups in total. The Kier molecular flexibility index (Phi) is 7.00. The number of amides is 1. The molecule has 0 saturated carbocycles. The van der Waals surface area contributed by atoms with Crippen LogP contribution < -0.4 is 0 Å². The molecule has 1 aliphatic heterocycles. The summed E-state index contributed by atoms with van der Waals surface area (Å²) in [6.45, 7) is 8.58. The number of pyridine rings is 1. The lowest BCUT2D eigenvalue weighted by Gasteiger charge is -2.35. The molecule has 1 amide bonds. The van der Waals surface area contributed by atoms with Crippen LogP contribution in [0, 0.1) is 19.8 Å². The normalized spacial score (nSPS) is 15.1. The van der Waals surface area contributed by atoms with Crippen molar-refractivity contribution < 1.29 is 4.79 Å². The van der Waals surface area contributed by atoms with E-state index in [-0.39, 0.29) is 5.91 Å². The zero-order valence-electron chi connectivity index (χ0n) is 19.4. The van der Waals surface area contributed by atoms with Gasteiger partial charge in [-0.2, -0.15) is 5.10 Å². The number of aryl methyl sites for hydroxylation is 3. The number of aromatic nitrogens is 3. The van der Waals surface area contributed by atoms with Crippen molar-refractivity contribution in [2.45, 2.75) is 39.8 Å². The molecule has 32 heavy (non-hydrogen) atoms. The number of hydrogen-bond donors (Lipinski definition) is 0. The molecule has 6 nitrogen and oxygen atoms in total. The standard InChI is InChI=1S/C26H33N5O/c1-20-7-4-5-9-24(20)19-30-13-10-22(11-14-30)17-31(18-23-8-6-12-27-16-23)26(32)25-15-21(2)28-29(25)3/h4-9,12,15-16,22H,10-11,13-14,17-19H2,1-3H3. The summed E-state index contributed by atoms with van der Waals surface area (Å²) in [6.07, 6.45) is 5.82. The third-order valence-electron chi connectivity index (χ3n) is 6.45. The molecule has 0 radical (unpaired) electrons. The van der Waals surface area contributed by atoms with Crippen LogP contribution in [0.4, 0.5) is 0 Å². The van der Waals surface area contributed by atoms with Crippen LogP contribution in [0.1, 0.15) is 45.7 Å². The smallest absolute Gasteiger partial charge is 0.272 e. The number of carbonyl (C=O) groups is 1. The van der Waals surface area contributed by atoms with Gasteiger partial charge in [0, 0.05) is 39.1 Å². The third kappa shape index (κ3) is 5.43. The number of benzene rings is 1. The first-order chi connectivity index (χ1) is 15.5. The van der Waals surface area contributed by atoms with E-state index < -0.39 is 0 Å². The van der Waals surface area contributed by atoms with Crippen LogP contribution in [0.25, 0.3) is 0 Å². The van der Waals surface area contributed by atoms with E-state index in [0.29, 0.717) is 18.2 Å². The summed E-state index contributed by atoms with van der Waals surface area (Å²) in [5.41, 5.74) is 5.32. The van der Waals surface area contributed by atoms with E-state index in [1.807, 2.05) is 43.3 Å². The van der Waals surface area contributed by atoms with Crippen LogP contribution in [0.15, 0.2) is 54.9 Å². The highest BCUT2D eigenvalue weighted by molar-refractivity contribution is 5.92. The molecule has 0 bridgehead atoms. The summed E-state index contributed by atoms with van der Waals surface area (Å²) >= 11 is 0. The third-order valence-corrected chi connectivity index (χ3v) is 6.45. The van der Waals surface area contributed by atoms with Crippen molar-refractivity contribution in [1.82, 2.24) is 24.6 Å². The second-order valence-corrected chi connectivity index (χ2v) is 8.99. The minimum atomic E-state index is 0.0410. The molecule has 1 aliphatic rings. The summed E-state index contributed by atoms with van der Waals surface area (Å²) in [7, 11) is 1.84. The Morgan fingerprint density at radius 3 is 2.56 bits per heavy atom. The van der Waals surface area contributed by atoms with Gasteiger partial charge in [0.05, 0.1) is 5.69 Å². The molecule has 0 aliphatic carbocycles. The average molecular weight is 432 g/mol. The van der Waals surface area contributed by atoms with E-state index in [9.17, 15) is 4.79 Å². The molecule has 2 aromatic heterocycles. The van der Waals surface area contributed by atoms with Crippen molar-refractivity contribution in [2.75, 3.05) is 19.6 Å². The van der Waals surface area contributed by atoms with Gasteiger partial charge in [0.15, 0.2) is 0 Å². The van der Waals surface area contributed by atoms with Crippen LogP contribution in [0.5, 0.6) is 0 Å². The summed E-state index contributed by atoms with van der Waals surface area (Å²) in [5, 5.41) is 4.38. The molecule has 4 rings (SSSR count). The molecule has 0 atom stereocenters. The Bertz CT molecular complexity index is 1040. The second-order valence-electron chi connectivity index (χ2n) is 8.99. The Balaban J connectivity index is 1.41. The average Bonchev–Trinajstić information content (AvgIpc) is 3.14. The SMILES string of the molecule is Cc1cc(C(=O)N(Cc2cccnc2)CC2CCN(Cc3ccccc3C)CC2)n(C)n1. The maximum absolute atomic E-state index is 13.4. The fourth-order valence-corrected chi connectivity index (χ4v) is 4.57. The Labute approximate surface area is 190 Å². The number of likely N-dealkylation sites (tertiary alicyclic amines) is 1. The second kappa shape index (κ2) is 10.1. The maximum atomic E-state index is 13.4. The first-order valence-electron chi connectivity index (χ1n) is 11.5. The minimum Gasteiger partial charge on any atom is -0.333 e. The molecule has 1 aromatic carbocycles. The zero-order valence-corrected chi connectivity index (χ0v) is 19.4. The first-order valence-corrected chi connectivity index (χ1v) is 11.5. The molecular weight excluding hydrogens is 398 g/mol. The van der Waals surface area contributed by atoms with Crippen molar-refractivity contribution in [3.05, 3.63) is 82.9 Å². The van der Waals surface area contributed by atoms with E-state index in [4.69, 9.17) is 0 Å². The number of hydrogen-bond acceptors (Lipinski definition) is 4. The van der Waals surface area contributed by atoms with Gasteiger partial charge in [-0.3, -0.25) is 19.4 Å². The van der Waals surface area contributed by atoms with Gasteiger partial charge >= 0.3 is 0 Å². The highest BCUT2D eigenvalue weighted by Gasteiger charge is 2.26. The largest absolute Gasteiger partial charge is 0.333 e. The van der Waals surface area contributed by atoms with Gasteiger partial charge in [-0.15, -0.1) is 0 Å². The topological polar surface area (TPSA) is 54.3 Å². The van der Waals surface area contributed by atoms with Crippen molar-refractivity contribution in [2.24, 2.45) is 13.0 Å². The lowest BCUT2D eigenvalue weighted by Crippen LogP contribution is -2.41. The van der Waals surface area contributed by atoms with Gasteiger partial charge < -0.3 is 4.90 Å². The highest BCUT2D eigenvalue weighted by Crippen LogP contribution is 2.23.